The molecule has 1 N–H and O–H groups in total. The molecule has 0 bridgehead atoms. The number of aliphatic hydroxyl groups is 1. The van der Waals surface area contributed by atoms with Crippen LogP contribution in [0.25, 0.3) is 0 Å². The molecule has 3 unspecified atom stereocenters. The summed E-state index contributed by atoms with van der Waals surface area (Å²) in [5.41, 5.74) is 1.29. The number of aromatic nitrogens is 2. The van der Waals surface area contributed by atoms with Crippen molar-refractivity contribution in [2.75, 3.05) is 0 Å². The molecule has 96 valence electrons. The van der Waals surface area contributed by atoms with E-state index in [1.54, 1.807) is 0 Å². The molecule has 17 heavy (non-hydrogen) atoms. The van der Waals surface area contributed by atoms with Crippen LogP contribution in [0.3, 0.4) is 0 Å². The Morgan fingerprint density at radius 3 is 2.82 bits per heavy atom. The van der Waals surface area contributed by atoms with Gasteiger partial charge in [-0.25, -0.2) is 0 Å². The summed E-state index contributed by atoms with van der Waals surface area (Å²) in [7, 11) is 0. The van der Waals surface area contributed by atoms with Gasteiger partial charge in [0, 0.05) is 6.20 Å². The molecular formula is C14H24N2O. The van der Waals surface area contributed by atoms with Crippen LogP contribution in [0.4, 0.5) is 0 Å². The zero-order valence-corrected chi connectivity index (χ0v) is 11.1. The SMILES string of the molecule is CCC1CCC(O)CC1n1cc(C(C)C)cn1. The van der Waals surface area contributed by atoms with Crippen LogP contribution in [0.15, 0.2) is 12.4 Å². The van der Waals surface area contributed by atoms with Crippen molar-refractivity contribution >= 4 is 0 Å². The first kappa shape index (κ1) is 12.6. The second-order valence-corrected chi connectivity index (χ2v) is 5.61. The van der Waals surface area contributed by atoms with Crippen molar-refractivity contribution < 1.29 is 5.11 Å². The minimum absolute atomic E-state index is 0.144. The smallest absolute Gasteiger partial charge is 0.0571 e. The highest BCUT2D eigenvalue weighted by atomic mass is 16.3. The van der Waals surface area contributed by atoms with Crippen LogP contribution in [-0.4, -0.2) is 21.0 Å². The van der Waals surface area contributed by atoms with Crippen molar-refractivity contribution in [2.45, 2.75) is 64.5 Å². The summed E-state index contributed by atoms with van der Waals surface area (Å²) in [6.45, 7) is 6.62. The number of hydrogen-bond acceptors (Lipinski definition) is 2. The molecule has 1 saturated carbocycles. The highest BCUT2D eigenvalue weighted by Gasteiger charge is 2.30. The lowest BCUT2D eigenvalue weighted by atomic mass is 9.81. The lowest BCUT2D eigenvalue weighted by Crippen LogP contribution is -2.30. The number of hydrogen-bond donors (Lipinski definition) is 1. The molecule has 1 aliphatic rings. The van der Waals surface area contributed by atoms with Gasteiger partial charge in [-0.15, -0.1) is 0 Å². The summed E-state index contributed by atoms with van der Waals surface area (Å²) in [6.07, 6.45) is 8.10. The van der Waals surface area contributed by atoms with Gasteiger partial charge in [-0.2, -0.15) is 5.10 Å². The standard InChI is InChI=1S/C14H24N2O/c1-4-11-5-6-13(17)7-14(11)16-9-12(8-15-16)10(2)3/h8-11,13-14,17H,4-7H2,1-3H3. The number of rotatable bonds is 3. The fraction of sp³-hybridized carbons (Fsp3) is 0.786. The van der Waals surface area contributed by atoms with Gasteiger partial charge >= 0.3 is 0 Å². The second kappa shape index (κ2) is 5.21. The van der Waals surface area contributed by atoms with Gasteiger partial charge in [-0.3, -0.25) is 4.68 Å². The van der Waals surface area contributed by atoms with Gasteiger partial charge in [0.15, 0.2) is 0 Å². The first-order chi connectivity index (χ1) is 8.11. The van der Waals surface area contributed by atoms with E-state index in [1.165, 1.54) is 12.0 Å². The molecule has 3 nitrogen and oxygen atoms in total. The Morgan fingerprint density at radius 1 is 1.47 bits per heavy atom. The summed E-state index contributed by atoms with van der Waals surface area (Å²) in [6, 6.07) is 0.385. The van der Waals surface area contributed by atoms with Gasteiger partial charge in [-0.1, -0.05) is 27.2 Å². The largest absolute Gasteiger partial charge is 0.393 e. The zero-order chi connectivity index (χ0) is 12.4. The maximum atomic E-state index is 9.83. The van der Waals surface area contributed by atoms with Crippen molar-refractivity contribution in [3.8, 4) is 0 Å². The van der Waals surface area contributed by atoms with Crippen molar-refractivity contribution in [1.29, 1.82) is 0 Å². The Morgan fingerprint density at radius 2 is 2.24 bits per heavy atom. The van der Waals surface area contributed by atoms with E-state index in [2.05, 4.69) is 36.7 Å². The maximum Gasteiger partial charge on any atom is 0.0571 e. The first-order valence-electron chi connectivity index (χ1n) is 6.84. The molecule has 1 aliphatic carbocycles. The molecule has 1 heterocycles. The second-order valence-electron chi connectivity index (χ2n) is 5.61. The molecule has 0 saturated heterocycles. The van der Waals surface area contributed by atoms with Crippen molar-refractivity contribution in [3.63, 3.8) is 0 Å². The average Bonchev–Trinajstić information content (AvgIpc) is 2.78. The van der Waals surface area contributed by atoms with E-state index in [4.69, 9.17) is 0 Å². The zero-order valence-electron chi connectivity index (χ0n) is 11.1. The Bertz CT molecular complexity index is 359. The van der Waals surface area contributed by atoms with E-state index in [0.29, 0.717) is 17.9 Å². The lowest BCUT2D eigenvalue weighted by Gasteiger charge is -2.33. The van der Waals surface area contributed by atoms with E-state index >= 15 is 0 Å². The average molecular weight is 236 g/mol. The molecule has 0 radical (unpaired) electrons. The third-order valence-electron chi connectivity index (χ3n) is 4.08. The molecule has 0 aromatic carbocycles. The Labute approximate surface area is 104 Å². The molecule has 3 atom stereocenters. The summed E-state index contributed by atoms with van der Waals surface area (Å²) in [4.78, 5) is 0. The van der Waals surface area contributed by atoms with Crippen LogP contribution < -0.4 is 0 Å². The van der Waals surface area contributed by atoms with Gasteiger partial charge < -0.3 is 5.11 Å². The van der Waals surface area contributed by atoms with Crippen molar-refractivity contribution in [2.24, 2.45) is 5.92 Å². The van der Waals surface area contributed by atoms with Crippen molar-refractivity contribution in [3.05, 3.63) is 18.0 Å². The predicted molar refractivity (Wildman–Crippen MR) is 69.0 cm³/mol. The van der Waals surface area contributed by atoms with Crippen LogP contribution in [0.5, 0.6) is 0 Å². The number of nitrogens with zero attached hydrogens (tertiary/aromatic N) is 2. The summed E-state index contributed by atoms with van der Waals surface area (Å²) < 4.78 is 2.09. The van der Waals surface area contributed by atoms with Gasteiger partial charge in [0.1, 0.15) is 0 Å². The highest BCUT2D eigenvalue weighted by molar-refractivity contribution is 5.09. The monoisotopic (exact) mass is 236 g/mol. The third kappa shape index (κ3) is 2.71. The third-order valence-corrected chi connectivity index (χ3v) is 4.08. The van der Waals surface area contributed by atoms with Gasteiger partial charge in [0.25, 0.3) is 0 Å². The van der Waals surface area contributed by atoms with E-state index in [0.717, 1.165) is 19.3 Å². The minimum Gasteiger partial charge on any atom is -0.393 e. The quantitative estimate of drug-likeness (QED) is 0.875. The van der Waals surface area contributed by atoms with Gasteiger partial charge in [0.2, 0.25) is 0 Å². The Balaban J connectivity index is 2.17. The van der Waals surface area contributed by atoms with Gasteiger partial charge in [-0.05, 0) is 36.7 Å². The molecule has 0 aliphatic heterocycles. The summed E-state index contributed by atoms with van der Waals surface area (Å²) in [5.74, 6) is 1.19. The topological polar surface area (TPSA) is 38.0 Å². The molecule has 3 heteroatoms. The van der Waals surface area contributed by atoms with Crippen molar-refractivity contribution in [1.82, 2.24) is 9.78 Å². The van der Waals surface area contributed by atoms with Crippen LogP contribution >= 0.6 is 0 Å². The molecule has 2 rings (SSSR count). The van der Waals surface area contributed by atoms with E-state index in [1.807, 2.05) is 6.20 Å². The van der Waals surface area contributed by atoms with Crippen LogP contribution in [-0.2, 0) is 0 Å². The van der Waals surface area contributed by atoms with Crippen LogP contribution in [0.1, 0.15) is 64.0 Å². The Kier molecular flexibility index (Phi) is 3.87. The molecular weight excluding hydrogens is 212 g/mol. The fourth-order valence-corrected chi connectivity index (χ4v) is 2.82. The van der Waals surface area contributed by atoms with E-state index < -0.39 is 0 Å². The molecule has 1 aromatic heterocycles. The molecule has 0 amide bonds. The maximum absolute atomic E-state index is 9.83. The summed E-state index contributed by atoms with van der Waals surface area (Å²) in [5, 5.41) is 14.3. The normalized spacial score (nSPS) is 29.8. The summed E-state index contributed by atoms with van der Waals surface area (Å²) >= 11 is 0. The molecule has 1 aromatic rings. The Hall–Kier alpha value is -0.830. The van der Waals surface area contributed by atoms with Crippen LogP contribution in [0.2, 0.25) is 0 Å². The minimum atomic E-state index is -0.144. The number of aliphatic hydroxyl groups excluding tert-OH is 1. The fourth-order valence-electron chi connectivity index (χ4n) is 2.82. The molecule has 0 spiro atoms. The lowest BCUT2D eigenvalue weighted by molar-refractivity contribution is 0.0667. The highest BCUT2D eigenvalue weighted by Crippen LogP contribution is 2.36. The van der Waals surface area contributed by atoms with E-state index in [-0.39, 0.29) is 6.10 Å². The predicted octanol–water partition coefficient (Wildman–Crippen LogP) is 3.12. The van der Waals surface area contributed by atoms with Gasteiger partial charge in [0.05, 0.1) is 18.3 Å². The molecule has 1 fully saturated rings. The van der Waals surface area contributed by atoms with Crippen LogP contribution in [0, 0.1) is 5.92 Å². The first-order valence-corrected chi connectivity index (χ1v) is 6.84. The van der Waals surface area contributed by atoms with E-state index in [9.17, 15) is 5.11 Å².